The van der Waals surface area contributed by atoms with E-state index in [2.05, 4.69) is 176 Å². The molecule has 0 radical (unpaired) electrons. The second-order valence-electron chi connectivity index (χ2n) is 14.6. The molecule has 0 amide bonds. The summed E-state index contributed by atoms with van der Waals surface area (Å²) in [5, 5.41) is 5.63. The molecule has 3 aromatic heterocycles. The third-order valence-electron chi connectivity index (χ3n) is 11.6. The van der Waals surface area contributed by atoms with Crippen molar-refractivity contribution in [3.8, 4) is 5.82 Å². The van der Waals surface area contributed by atoms with Crippen LogP contribution in [-0.2, 0) is 5.41 Å². The third-order valence-corrected chi connectivity index (χ3v) is 11.6. The SMILES string of the molecule is C=CC=C1/C(=C(\C)c2nc3oc4ccccc4c3nc2-n2c3ccccc3c3cc4ccccc4cc32)c2ccccc2C1(c1ccccc1)c1ccccc1. The van der Waals surface area contributed by atoms with Crippen LogP contribution in [0.2, 0.25) is 0 Å². The van der Waals surface area contributed by atoms with E-state index in [1.54, 1.807) is 0 Å². The number of hydrogen-bond acceptors (Lipinski definition) is 3. The first kappa shape index (κ1) is 32.2. The Morgan fingerprint density at radius 1 is 0.625 bits per heavy atom. The highest BCUT2D eigenvalue weighted by atomic mass is 16.3. The zero-order valence-corrected chi connectivity index (χ0v) is 30.8. The smallest absolute Gasteiger partial charge is 0.247 e. The molecule has 264 valence electrons. The topological polar surface area (TPSA) is 43.9 Å². The van der Waals surface area contributed by atoms with Crippen molar-refractivity contribution in [1.29, 1.82) is 0 Å². The van der Waals surface area contributed by atoms with Crippen LogP contribution in [0.1, 0.15) is 34.9 Å². The van der Waals surface area contributed by atoms with Crippen LogP contribution in [0.5, 0.6) is 0 Å². The maximum Gasteiger partial charge on any atom is 0.247 e. The Labute approximate surface area is 324 Å². The summed E-state index contributed by atoms with van der Waals surface area (Å²) in [5.74, 6) is 0.753. The van der Waals surface area contributed by atoms with E-state index in [1.807, 2.05) is 24.3 Å². The number of rotatable bonds is 5. The van der Waals surface area contributed by atoms with Crippen LogP contribution in [0.25, 0.3) is 71.7 Å². The monoisotopic (exact) mass is 717 g/mol. The number of hydrogen-bond donors (Lipinski definition) is 0. The molecule has 0 N–H and O–H groups in total. The van der Waals surface area contributed by atoms with Gasteiger partial charge in [-0.25, -0.2) is 9.97 Å². The van der Waals surface area contributed by atoms with Gasteiger partial charge in [0.15, 0.2) is 5.82 Å². The number of aromatic nitrogens is 3. The van der Waals surface area contributed by atoms with Gasteiger partial charge in [-0.2, -0.15) is 0 Å². The van der Waals surface area contributed by atoms with Crippen molar-refractivity contribution >= 4 is 65.9 Å². The van der Waals surface area contributed by atoms with Crippen molar-refractivity contribution in [3.63, 3.8) is 0 Å². The Balaban J connectivity index is 1.30. The van der Waals surface area contributed by atoms with Gasteiger partial charge in [-0.1, -0.05) is 158 Å². The number of fused-ring (bicyclic) bond motifs is 8. The fraction of sp³-hybridized carbons (Fsp3) is 0.0385. The van der Waals surface area contributed by atoms with Crippen molar-refractivity contribution in [2.75, 3.05) is 0 Å². The van der Waals surface area contributed by atoms with Crippen molar-refractivity contribution in [2.45, 2.75) is 12.3 Å². The van der Waals surface area contributed by atoms with E-state index >= 15 is 0 Å². The van der Waals surface area contributed by atoms with Gasteiger partial charge in [0.05, 0.1) is 16.4 Å². The molecule has 0 saturated heterocycles. The molecule has 11 rings (SSSR count). The van der Waals surface area contributed by atoms with E-state index in [9.17, 15) is 0 Å². The predicted octanol–water partition coefficient (Wildman–Crippen LogP) is 13.0. The lowest BCUT2D eigenvalue weighted by Gasteiger charge is -2.34. The van der Waals surface area contributed by atoms with E-state index in [4.69, 9.17) is 14.4 Å². The zero-order chi connectivity index (χ0) is 37.4. The van der Waals surface area contributed by atoms with Gasteiger partial charge in [-0.05, 0) is 87.0 Å². The molecule has 0 atom stereocenters. The van der Waals surface area contributed by atoms with Gasteiger partial charge in [0, 0.05) is 16.2 Å². The summed E-state index contributed by atoms with van der Waals surface area (Å²) in [4.78, 5) is 11.1. The molecule has 3 heterocycles. The van der Waals surface area contributed by atoms with E-state index < -0.39 is 5.41 Å². The predicted molar refractivity (Wildman–Crippen MR) is 231 cm³/mol. The first-order valence-electron chi connectivity index (χ1n) is 19.0. The maximum absolute atomic E-state index is 6.50. The van der Waals surface area contributed by atoms with Gasteiger partial charge in [0.2, 0.25) is 5.71 Å². The molecule has 0 unspecified atom stereocenters. The van der Waals surface area contributed by atoms with Crippen molar-refractivity contribution in [1.82, 2.24) is 14.5 Å². The van der Waals surface area contributed by atoms with Gasteiger partial charge in [0.1, 0.15) is 16.8 Å². The van der Waals surface area contributed by atoms with Gasteiger partial charge in [-0.3, -0.25) is 4.57 Å². The third kappa shape index (κ3) is 4.47. The molecule has 0 saturated carbocycles. The molecule has 0 aliphatic heterocycles. The van der Waals surface area contributed by atoms with Gasteiger partial charge in [-0.15, -0.1) is 0 Å². The number of furan rings is 1. The average molecular weight is 718 g/mol. The lowest BCUT2D eigenvalue weighted by molar-refractivity contribution is 0.652. The Morgan fingerprint density at radius 2 is 1.25 bits per heavy atom. The number of nitrogens with zero attached hydrogens (tertiary/aromatic N) is 3. The Kier molecular flexibility index (Phi) is 7.10. The summed E-state index contributed by atoms with van der Waals surface area (Å²) in [5.41, 5.74) is 12.2. The van der Waals surface area contributed by atoms with Gasteiger partial charge >= 0.3 is 0 Å². The summed E-state index contributed by atoms with van der Waals surface area (Å²) < 4.78 is 8.81. The molecule has 0 bridgehead atoms. The summed E-state index contributed by atoms with van der Waals surface area (Å²) in [6, 6.07) is 60.3. The van der Waals surface area contributed by atoms with Gasteiger partial charge < -0.3 is 4.42 Å². The molecule has 1 aliphatic rings. The van der Waals surface area contributed by atoms with Crippen LogP contribution in [-0.4, -0.2) is 14.5 Å². The highest BCUT2D eigenvalue weighted by molar-refractivity contribution is 6.14. The number of benzene rings is 7. The molecule has 7 aromatic carbocycles. The first-order chi connectivity index (χ1) is 27.7. The van der Waals surface area contributed by atoms with Crippen LogP contribution in [0.4, 0.5) is 0 Å². The summed E-state index contributed by atoms with van der Waals surface area (Å²) in [7, 11) is 0. The van der Waals surface area contributed by atoms with E-state index in [1.165, 1.54) is 32.8 Å². The normalized spacial score (nSPS) is 15.3. The van der Waals surface area contributed by atoms with Crippen molar-refractivity contribution in [3.05, 3.63) is 222 Å². The second-order valence-corrected chi connectivity index (χ2v) is 14.6. The Hall–Kier alpha value is -7.30. The first-order valence-corrected chi connectivity index (χ1v) is 19.0. The highest BCUT2D eigenvalue weighted by Crippen LogP contribution is 2.59. The standard InChI is InChI=1S/C52H35N3O/c1-3-18-43-47(39-26-12-15-28-42(39)52(43,36-21-6-4-7-22-36)37-23-8-5-9-24-37)33(2)48-50(53-49-40-27-14-17-30-46(40)56-51(49)54-48)55-44-29-16-13-25-38(44)41-31-34-19-10-11-20-35(34)32-45(41)55/h3-32H,1H2,2H3/b43-18?,47-33+. The minimum atomic E-state index is -0.618. The van der Waals surface area contributed by atoms with Crippen molar-refractivity contribution in [2.24, 2.45) is 0 Å². The molecular weight excluding hydrogens is 683 g/mol. The Bertz CT molecular complexity index is 3230. The molecule has 56 heavy (non-hydrogen) atoms. The fourth-order valence-corrected chi connectivity index (χ4v) is 9.32. The summed E-state index contributed by atoms with van der Waals surface area (Å²) in [6.45, 7) is 6.47. The van der Waals surface area contributed by atoms with Crippen LogP contribution < -0.4 is 0 Å². The molecule has 0 spiro atoms. The molecule has 4 heteroatoms. The van der Waals surface area contributed by atoms with Crippen LogP contribution in [0, 0.1) is 0 Å². The lowest BCUT2D eigenvalue weighted by Crippen LogP contribution is -2.28. The molecule has 10 aromatic rings. The average Bonchev–Trinajstić information content (AvgIpc) is 3.88. The van der Waals surface area contributed by atoms with E-state index in [0.29, 0.717) is 5.71 Å². The minimum Gasteiger partial charge on any atom is -0.436 e. The van der Waals surface area contributed by atoms with E-state index in [-0.39, 0.29) is 0 Å². The Morgan fingerprint density at radius 3 is 2.00 bits per heavy atom. The van der Waals surface area contributed by atoms with Crippen LogP contribution in [0.15, 0.2) is 199 Å². The largest absolute Gasteiger partial charge is 0.436 e. The van der Waals surface area contributed by atoms with Crippen LogP contribution in [0.3, 0.4) is 0 Å². The zero-order valence-electron chi connectivity index (χ0n) is 30.8. The van der Waals surface area contributed by atoms with Crippen molar-refractivity contribution < 1.29 is 4.42 Å². The fourth-order valence-electron chi connectivity index (χ4n) is 9.32. The molecule has 4 nitrogen and oxygen atoms in total. The number of para-hydroxylation sites is 2. The minimum absolute atomic E-state index is 0.508. The molecule has 1 aliphatic carbocycles. The lowest BCUT2D eigenvalue weighted by atomic mass is 9.67. The molecule has 0 fully saturated rings. The second kappa shape index (κ2) is 12.4. The highest BCUT2D eigenvalue weighted by Gasteiger charge is 2.48. The molecular formula is C52H35N3O. The van der Waals surface area contributed by atoms with Gasteiger partial charge in [0.25, 0.3) is 0 Å². The number of allylic oxidation sites excluding steroid dienone is 5. The summed E-state index contributed by atoms with van der Waals surface area (Å²) >= 11 is 0. The van der Waals surface area contributed by atoms with E-state index in [0.717, 1.165) is 66.7 Å². The summed E-state index contributed by atoms with van der Waals surface area (Å²) in [6.07, 6.45) is 4.11. The maximum atomic E-state index is 6.50. The quantitative estimate of drug-likeness (QED) is 0.178. The van der Waals surface area contributed by atoms with Crippen LogP contribution >= 0.6 is 0 Å².